The van der Waals surface area contributed by atoms with Crippen molar-refractivity contribution in [2.45, 2.75) is 6.54 Å². The molecule has 0 atom stereocenters. The topological polar surface area (TPSA) is 57.6 Å². The number of piperazine rings is 1. The van der Waals surface area contributed by atoms with Crippen molar-refractivity contribution in [2.75, 3.05) is 57.2 Å². The quantitative estimate of drug-likeness (QED) is 0.819. The summed E-state index contributed by atoms with van der Waals surface area (Å²) in [4.78, 5) is 19.9. The smallest absolute Gasteiger partial charge is 0.227 e. The van der Waals surface area contributed by atoms with Gasteiger partial charge in [0.25, 0.3) is 0 Å². The number of hydrogen-bond donors (Lipinski definition) is 0. The van der Waals surface area contributed by atoms with Crippen LogP contribution in [0.1, 0.15) is 5.56 Å². The third kappa shape index (κ3) is 3.91. The zero-order valence-electron chi connectivity index (χ0n) is 14.5. The standard InChI is InChI=1S/C17H24N6O/c1-21(2)15-5-7-19-17(20-15)23-10-8-22(9-11-23)13-14-4-6-18-16(12-14)24-3/h4-7,12H,8-11,13H2,1-3H3. The van der Waals surface area contributed by atoms with Crippen molar-refractivity contribution in [2.24, 2.45) is 0 Å². The second-order valence-electron chi connectivity index (χ2n) is 6.08. The van der Waals surface area contributed by atoms with Gasteiger partial charge in [-0.1, -0.05) is 0 Å². The van der Waals surface area contributed by atoms with Crippen LogP contribution in [-0.4, -0.2) is 67.2 Å². The molecule has 1 aliphatic rings. The van der Waals surface area contributed by atoms with Crippen LogP contribution in [0, 0.1) is 0 Å². The van der Waals surface area contributed by atoms with Crippen LogP contribution in [0.2, 0.25) is 0 Å². The van der Waals surface area contributed by atoms with Gasteiger partial charge in [-0.05, 0) is 17.7 Å². The van der Waals surface area contributed by atoms with Gasteiger partial charge in [-0.2, -0.15) is 4.98 Å². The minimum Gasteiger partial charge on any atom is -0.481 e. The first-order valence-corrected chi connectivity index (χ1v) is 8.12. The summed E-state index contributed by atoms with van der Waals surface area (Å²) in [6.45, 7) is 4.74. The molecular formula is C17H24N6O. The van der Waals surface area contributed by atoms with Crippen LogP contribution >= 0.6 is 0 Å². The number of aromatic nitrogens is 3. The Bertz CT molecular complexity index is 670. The van der Waals surface area contributed by atoms with Gasteiger partial charge in [-0.3, -0.25) is 4.90 Å². The fraction of sp³-hybridized carbons (Fsp3) is 0.471. The van der Waals surface area contributed by atoms with Gasteiger partial charge in [-0.15, -0.1) is 0 Å². The molecule has 24 heavy (non-hydrogen) atoms. The van der Waals surface area contributed by atoms with E-state index in [9.17, 15) is 0 Å². The Kier molecular flexibility index (Phi) is 5.10. The Morgan fingerprint density at radius 1 is 1.08 bits per heavy atom. The van der Waals surface area contributed by atoms with Crippen LogP contribution in [0.5, 0.6) is 5.88 Å². The number of anilines is 2. The van der Waals surface area contributed by atoms with Gasteiger partial charge in [0.1, 0.15) is 5.82 Å². The molecule has 1 aliphatic heterocycles. The number of ether oxygens (including phenoxy) is 1. The molecule has 7 nitrogen and oxygen atoms in total. The molecule has 2 aromatic heterocycles. The summed E-state index contributed by atoms with van der Waals surface area (Å²) in [5, 5.41) is 0. The second kappa shape index (κ2) is 7.44. The van der Waals surface area contributed by atoms with Gasteiger partial charge in [0.05, 0.1) is 7.11 Å². The second-order valence-corrected chi connectivity index (χ2v) is 6.08. The summed E-state index contributed by atoms with van der Waals surface area (Å²) in [5.41, 5.74) is 1.22. The van der Waals surface area contributed by atoms with Crippen molar-refractivity contribution in [3.05, 3.63) is 36.2 Å². The molecule has 0 aliphatic carbocycles. The van der Waals surface area contributed by atoms with Gasteiger partial charge < -0.3 is 14.5 Å². The number of pyridine rings is 1. The summed E-state index contributed by atoms with van der Waals surface area (Å²) in [5.74, 6) is 2.41. The van der Waals surface area contributed by atoms with E-state index in [0.29, 0.717) is 5.88 Å². The lowest BCUT2D eigenvalue weighted by molar-refractivity contribution is 0.248. The minimum atomic E-state index is 0.667. The van der Waals surface area contributed by atoms with Gasteiger partial charge >= 0.3 is 0 Å². The van der Waals surface area contributed by atoms with E-state index in [2.05, 4.69) is 24.8 Å². The molecule has 3 heterocycles. The van der Waals surface area contributed by atoms with Crippen molar-refractivity contribution in [3.63, 3.8) is 0 Å². The Morgan fingerprint density at radius 3 is 2.54 bits per heavy atom. The van der Waals surface area contributed by atoms with E-state index in [1.165, 1.54) is 5.56 Å². The van der Waals surface area contributed by atoms with Gasteiger partial charge in [0.15, 0.2) is 0 Å². The lowest BCUT2D eigenvalue weighted by atomic mass is 10.2. The Labute approximate surface area is 142 Å². The van der Waals surface area contributed by atoms with Crippen LogP contribution in [0.4, 0.5) is 11.8 Å². The molecule has 128 valence electrons. The lowest BCUT2D eigenvalue weighted by Gasteiger charge is -2.34. The van der Waals surface area contributed by atoms with E-state index < -0.39 is 0 Å². The van der Waals surface area contributed by atoms with E-state index in [-0.39, 0.29) is 0 Å². The van der Waals surface area contributed by atoms with Gasteiger partial charge in [0.2, 0.25) is 11.8 Å². The van der Waals surface area contributed by atoms with Crippen molar-refractivity contribution >= 4 is 11.8 Å². The van der Waals surface area contributed by atoms with Crippen molar-refractivity contribution in [1.82, 2.24) is 19.9 Å². The summed E-state index contributed by atoms with van der Waals surface area (Å²) in [6.07, 6.45) is 3.62. The SMILES string of the molecule is COc1cc(CN2CCN(c3nccc(N(C)C)n3)CC2)ccn1. The van der Waals surface area contributed by atoms with Crippen LogP contribution < -0.4 is 14.5 Å². The third-order valence-electron chi connectivity index (χ3n) is 4.16. The minimum absolute atomic E-state index is 0.667. The molecule has 1 fully saturated rings. The molecule has 0 amide bonds. The van der Waals surface area contributed by atoms with E-state index in [1.807, 2.05) is 43.4 Å². The highest BCUT2D eigenvalue weighted by Gasteiger charge is 2.19. The predicted octanol–water partition coefficient (Wildman–Crippen LogP) is 1.27. The fourth-order valence-electron chi connectivity index (χ4n) is 2.77. The van der Waals surface area contributed by atoms with Gasteiger partial charge in [-0.25, -0.2) is 9.97 Å². The molecule has 0 aromatic carbocycles. The number of methoxy groups -OCH3 is 1. The molecule has 0 radical (unpaired) electrons. The molecule has 0 spiro atoms. The number of rotatable bonds is 5. The van der Waals surface area contributed by atoms with Crippen LogP contribution in [0.15, 0.2) is 30.6 Å². The van der Waals surface area contributed by atoms with E-state index >= 15 is 0 Å². The molecular weight excluding hydrogens is 304 g/mol. The first-order valence-electron chi connectivity index (χ1n) is 8.12. The maximum Gasteiger partial charge on any atom is 0.227 e. The van der Waals surface area contributed by atoms with Crippen LogP contribution in [0.3, 0.4) is 0 Å². The third-order valence-corrected chi connectivity index (χ3v) is 4.16. The maximum atomic E-state index is 5.19. The zero-order valence-corrected chi connectivity index (χ0v) is 14.5. The largest absolute Gasteiger partial charge is 0.481 e. The average Bonchev–Trinajstić information content (AvgIpc) is 2.62. The zero-order chi connectivity index (χ0) is 16.9. The Hall–Kier alpha value is -2.41. The molecule has 0 saturated carbocycles. The van der Waals surface area contributed by atoms with Crippen molar-refractivity contribution in [3.8, 4) is 5.88 Å². The molecule has 0 unspecified atom stereocenters. The lowest BCUT2D eigenvalue weighted by Crippen LogP contribution is -2.46. The fourth-order valence-corrected chi connectivity index (χ4v) is 2.77. The predicted molar refractivity (Wildman–Crippen MR) is 94.6 cm³/mol. The Balaban J connectivity index is 1.58. The van der Waals surface area contributed by atoms with Crippen LogP contribution in [0.25, 0.3) is 0 Å². The molecule has 0 bridgehead atoms. The molecule has 1 saturated heterocycles. The molecule has 7 heteroatoms. The molecule has 0 N–H and O–H groups in total. The Morgan fingerprint density at radius 2 is 1.83 bits per heavy atom. The van der Waals surface area contributed by atoms with E-state index in [1.54, 1.807) is 13.3 Å². The summed E-state index contributed by atoms with van der Waals surface area (Å²) in [7, 11) is 5.63. The summed E-state index contributed by atoms with van der Waals surface area (Å²) < 4.78 is 5.19. The van der Waals surface area contributed by atoms with Crippen LogP contribution in [-0.2, 0) is 6.54 Å². The number of nitrogens with zero attached hydrogens (tertiary/aromatic N) is 6. The van der Waals surface area contributed by atoms with Crippen molar-refractivity contribution < 1.29 is 4.74 Å². The average molecular weight is 328 g/mol. The van der Waals surface area contributed by atoms with Gasteiger partial charge in [0, 0.05) is 65.3 Å². The molecule has 2 aromatic rings. The van der Waals surface area contributed by atoms with E-state index in [0.717, 1.165) is 44.5 Å². The highest BCUT2D eigenvalue weighted by Crippen LogP contribution is 2.17. The highest BCUT2D eigenvalue weighted by molar-refractivity contribution is 5.42. The molecule has 3 rings (SSSR count). The highest BCUT2D eigenvalue weighted by atomic mass is 16.5. The van der Waals surface area contributed by atoms with E-state index in [4.69, 9.17) is 4.74 Å². The first kappa shape index (κ1) is 16.4. The summed E-state index contributed by atoms with van der Waals surface area (Å²) in [6, 6.07) is 5.96. The maximum absolute atomic E-state index is 5.19. The van der Waals surface area contributed by atoms with Crippen molar-refractivity contribution in [1.29, 1.82) is 0 Å². The summed E-state index contributed by atoms with van der Waals surface area (Å²) >= 11 is 0. The normalized spacial score (nSPS) is 15.4. The number of hydrogen-bond acceptors (Lipinski definition) is 7. The monoisotopic (exact) mass is 328 g/mol. The first-order chi connectivity index (χ1) is 11.7.